The second-order valence-corrected chi connectivity index (χ2v) is 7.28. The van der Waals surface area contributed by atoms with Crippen LogP contribution in [0.3, 0.4) is 0 Å². The molecule has 0 heterocycles. The Morgan fingerprint density at radius 2 is 1.75 bits per heavy atom. The number of carboxylic acids is 1. The summed E-state index contributed by atoms with van der Waals surface area (Å²) in [6, 6.07) is 23.0. The number of carbonyl (C=O) groups is 1. The molecule has 0 aromatic heterocycles. The highest BCUT2D eigenvalue weighted by Crippen LogP contribution is 2.29. The van der Waals surface area contributed by atoms with E-state index in [0.29, 0.717) is 30.9 Å². The van der Waals surface area contributed by atoms with Gasteiger partial charge in [-0.15, -0.1) is 0 Å². The van der Waals surface area contributed by atoms with Gasteiger partial charge in [0.2, 0.25) is 0 Å². The Morgan fingerprint density at radius 1 is 1.04 bits per heavy atom. The largest absolute Gasteiger partial charge is 0.489 e. The number of carboxylic acid groups (broad SMARTS) is 1. The van der Waals surface area contributed by atoms with Crippen LogP contribution in [0.2, 0.25) is 0 Å². The Morgan fingerprint density at radius 3 is 2.46 bits per heavy atom. The Balaban J connectivity index is 1.86. The van der Waals surface area contributed by atoms with Gasteiger partial charge in [0.05, 0.1) is 11.3 Å². The number of nitrogens with zero attached hydrogens (tertiary/aromatic N) is 1. The van der Waals surface area contributed by atoms with E-state index in [-0.39, 0.29) is 0 Å². The predicted octanol–water partition coefficient (Wildman–Crippen LogP) is 5.75. The van der Waals surface area contributed by atoms with Gasteiger partial charge >= 0.3 is 5.97 Å². The fraction of sp³-hybridized carbons (Fsp3) is 0.174. The zero-order valence-corrected chi connectivity index (χ0v) is 17.2. The standard InChI is InChI=1S/C23H22BrNO3/c1-2-25(21-11-7-6-10-20(21)23(26)27)15-18-14-19(24)12-13-22(18)28-16-17-8-4-3-5-9-17/h3-14H,2,15-16H2,1H3,(H,26,27). The molecule has 0 radical (unpaired) electrons. The average molecular weight is 440 g/mol. The molecule has 3 aromatic carbocycles. The summed E-state index contributed by atoms with van der Waals surface area (Å²) in [7, 11) is 0. The lowest BCUT2D eigenvalue weighted by Gasteiger charge is -2.26. The molecule has 0 saturated carbocycles. The van der Waals surface area contributed by atoms with Crippen LogP contribution in [0.1, 0.15) is 28.4 Å². The molecule has 0 aliphatic heterocycles. The Hall–Kier alpha value is -2.79. The van der Waals surface area contributed by atoms with E-state index < -0.39 is 5.97 Å². The van der Waals surface area contributed by atoms with Gasteiger partial charge in [-0.25, -0.2) is 4.79 Å². The number of rotatable bonds is 8. The van der Waals surface area contributed by atoms with E-state index in [1.54, 1.807) is 12.1 Å². The van der Waals surface area contributed by atoms with Crippen molar-refractivity contribution in [3.05, 3.63) is 94.0 Å². The van der Waals surface area contributed by atoms with Crippen LogP contribution < -0.4 is 9.64 Å². The second kappa shape index (κ2) is 9.42. The molecule has 0 bridgehead atoms. The van der Waals surface area contributed by atoms with Gasteiger partial charge in [-0.3, -0.25) is 0 Å². The highest BCUT2D eigenvalue weighted by Gasteiger charge is 2.16. The maximum atomic E-state index is 11.6. The fourth-order valence-electron chi connectivity index (χ4n) is 3.05. The van der Waals surface area contributed by atoms with E-state index in [0.717, 1.165) is 21.3 Å². The van der Waals surface area contributed by atoms with Gasteiger partial charge < -0.3 is 14.7 Å². The van der Waals surface area contributed by atoms with Gasteiger partial charge in [0, 0.05) is 23.1 Å². The zero-order chi connectivity index (χ0) is 19.9. The number of hydrogen-bond acceptors (Lipinski definition) is 3. The highest BCUT2D eigenvalue weighted by molar-refractivity contribution is 9.10. The smallest absolute Gasteiger partial charge is 0.337 e. The number of para-hydroxylation sites is 1. The van der Waals surface area contributed by atoms with Gasteiger partial charge in [-0.1, -0.05) is 58.4 Å². The van der Waals surface area contributed by atoms with Crippen molar-refractivity contribution in [3.63, 3.8) is 0 Å². The first kappa shape index (κ1) is 20.0. The monoisotopic (exact) mass is 439 g/mol. The summed E-state index contributed by atoms with van der Waals surface area (Å²) in [5.74, 6) is -0.137. The van der Waals surface area contributed by atoms with Crippen LogP contribution in [-0.2, 0) is 13.2 Å². The van der Waals surface area contributed by atoms with E-state index in [9.17, 15) is 9.90 Å². The minimum absolute atomic E-state index is 0.297. The predicted molar refractivity (Wildman–Crippen MR) is 115 cm³/mol. The van der Waals surface area contributed by atoms with Crippen LogP contribution in [0.25, 0.3) is 0 Å². The van der Waals surface area contributed by atoms with Crippen LogP contribution in [0.15, 0.2) is 77.3 Å². The molecule has 28 heavy (non-hydrogen) atoms. The zero-order valence-electron chi connectivity index (χ0n) is 15.6. The number of aromatic carboxylic acids is 1. The first-order valence-electron chi connectivity index (χ1n) is 9.11. The van der Waals surface area contributed by atoms with Crippen molar-refractivity contribution in [1.82, 2.24) is 0 Å². The lowest BCUT2D eigenvalue weighted by atomic mass is 10.1. The van der Waals surface area contributed by atoms with Crippen molar-refractivity contribution in [2.75, 3.05) is 11.4 Å². The van der Waals surface area contributed by atoms with Crippen LogP contribution >= 0.6 is 15.9 Å². The third kappa shape index (κ3) is 4.93. The van der Waals surface area contributed by atoms with E-state index in [1.807, 2.05) is 72.5 Å². The maximum absolute atomic E-state index is 11.6. The molecular weight excluding hydrogens is 418 g/mol. The average Bonchev–Trinajstić information content (AvgIpc) is 2.72. The summed E-state index contributed by atoms with van der Waals surface area (Å²) >= 11 is 3.53. The summed E-state index contributed by atoms with van der Waals surface area (Å²) in [5, 5.41) is 9.53. The molecule has 0 unspecified atom stereocenters. The fourth-order valence-corrected chi connectivity index (χ4v) is 3.46. The van der Waals surface area contributed by atoms with Crippen LogP contribution in [-0.4, -0.2) is 17.6 Å². The van der Waals surface area contributed by atoms with Crippen LogP contribution in [0.5, 0.6) is 5.75 Å². The third-order valence-corrected chi connectivity index (χ3v) is 4.97. The van der Waals surface area contributed by atoms with E-state index in [1.165, 1.54) is 0 Å². The molecule has 4 nitrogen and oxygen atoms in total. The second-order valence-electron chi connectivity index (χ2n) is 6.36. The molecule has 0 fully saturated rings. The Bertz CT molecular complexity index is 944. The van der Waals surface area contributed by atoms with Crippen molar-refractivity contribution in [1.29, 1.82) is 0 Å². The van der Waals surface area contributed by atoms with Crippen molar-refractivity contribution in [2.24, 2.45) is 0 Å². The number of ether oxygens (including phenoxy) is 1. The van der Waals surface area contributed by atoms with Crippen molar-refractivity contribution >= 4 is 27.6 Å². The summed E-state index contributed by atoms with van der Waals surface area (Å²) in [6.45, 7) is 3.72. The van der Waals surface area contributed by atoms with Crippen molar-refractivity contribution in [2.45, 2.75) is 20.1 Å². The Kier molecular flexibility index (Phi) is 6.71. The van der Waals surface area contributed by atoms with Gasteiger partial charge in [0.25, 0.3) is 0 Å². The van der Waals surface area contributed by atoms with E-state index >= 15 is 0 Å². The summed E-state index contributed by atoms with van der Waals surface area (Å²) in [6.07, 6.45) is 0. The molecule has 0 aliphatic rings. The maximum Gasteiger partial charge on any atom is 0.337 e. The number of benzene rings is 3. The van der Waals surface area contributed by atoms with Gasteiger partial charge in [0.1, 0.15) is 12.4 Å². The first-order valence-corrected chi connectivity index (χ1v) is 9.90. The van der Waals surface area contributed by atoms with Gasteiger partial charge in [-0.2, -0.15) is 0 Å². The number of halogens is 1. The first-order chi connectivity index (χ1) is 13.6. The molecule has 0 saturated heterocycles. The third-order valence-electron chi connectivity index (χ3n) is 4.48. The van der Waals surface area contributed by atoms with Gasteiger partial charge in [0.15, 0.2) is 0 Å². The topological polar surface area (TPSA) is 49.8 Å². The summed E-state index contributed by atoms with van der Waals surface area (Å²) in [4.78, 5) is 13.7. The molecule has 144 valence electrons. The summed E-state index contributed by atoms with van der Waals surface area (Å²) < 4.78 is 7.03. The van der Waals surface area contributed by atoms with Crippen LogP contribution in [0, 0.1) is 0 Å². The molecule has 0 amide bonds. The lowest BCUT2D eigenvalue weighted by Crippen LogP contribution is -2.24. The molecule has 3 aromatic rings. The molecule has 0 aliphatic carbocycles. The quantitative estimate of drug-likeness (QED) is 0.485. The molecular formula is C23H22BrNO3. The van der Waals surface area contributed by atoms with E-state index in [2.05, 4.69) is 15.9 Å². The molecule has 3 rings (SSSR count). The molecule has 0 atom stereocenters. The van der Waals surface area contributed by atoms with E-state index in [4.69, 9.17) is 4.74 Å². The van der Waals surface area contributed by atoms with Crippen molar-refractivity contribution in [3.8, 4) is 5.75 Å². The minimum atomic E-state index is -0.927. The Labute approximate surface area is 173 Å². The van der Waals surface area contributed by atoms with Crippen molar-refractivity contribution < 1.29 is 14.6 Å². The highest BCUT2D eigenvalue weighted by atomic mass is 79.9. The molecule has 1 N–H and O–H groups in total. The summed E-state index contributed by atoms with van der Waals surface area (Å²) in [5.41, 5.74) is 3.09. The lowest BCUT2D eigenvalue weighted by molar-refractivity contribution is 0.0697. The minimum Gasteiger partial charge on any atom is -0.489 e. The van der Waals surface area contributed by atoms with Crippen LogP contribution in [0.4, 0.5) is 5.69 Å². The normalized spacial score (nSPS) is 10.5. The number of anilines is 1. The van der Waals surface area contributed by atoms with Gasteiger partial charge in [-0.05, 0) is 42.8 Å². The number of hydrogen-bond donors (Lipinski definition) is 1. The molecule has 0 spiro atoms. The molecule has 5 heteroatoms. The SMILES string of the molecule is CCN(Cc1cc(Br)ccc1OCc1ccccc1)c1ccccc1C(=O)O.